The number of anilines is 3. The maximum atomic E-state index is 5.30. The normalized spacial score (nSPS) is 13.0. The van der Waals surface area contributed by atoms with Crippen molar-refractivity contribution in [2.24, 2.45) is 0 Å². The van der Waals surface area contributed by atoms with Crippen LogP contribution in [0.2, 0.25) is 0 Å². The van der Waals surface area contributed by atoms with Crippen LogP contribution in [0.25, 0.3) is 73.1 Å². The molecule has 65 heavy (non-hydrogen) atoms. The van der Waals surface area contributed by atoms with Gasteiger partial charge in [-0.25, -0.2) is 19.9 Å². The van der Waals surface area contributed by atoms with Crippen LogP contribution in [-0.4, -0.2) is 24.5 Å². The van der Waals surface area contributed by atoms with Crippen LogP contribution in [0.5, 0.6) is 0 Å². The van der Waals surface area contributed by atoms with Gasteiger partial charge in [-0.05, 0) is 88.0 Å². The van der Waals surface area contributed by atoms with Gasteiger partial charge in [-0.15, -0.1) is 0 Å². The highest BCUT2D eigenvalue weighted by atomic mass is 15.3. The summed E-state index contributed by atoms with van der Waals surface area (Å²) in [5, 5.41) is 0. The van der Waals surface area contributed by atoms with E-state index in [0.29, 0.717) is 17.5 Å². The molecule has 0 fully saturated rings. The molecule has 0 spiro atoms. The fourth-order valence-corrected chi connectivity index (χ4v) is 10.2. The summed E-state index contributed by atoms with van der Waals surface area (Å²) in [5.74, 6) is 2.65. The van der Waals surface area contributed by atoms with Crippen LogP contribution in [-0.2, 0) is 5.41 Å². The molecule has 0 amide bonds. The number of rotatable bonds is 6. The van der Waals surface area contributed by atoms with Gasteiger partial charge in [0.1, 0.15) is 0 Å². The summed E-state index contributed by atoms with van der Waals surface area (Å²) in [4.78, 5) is 23.2. The Bertz CT molecular complexity index is 3560. The largest absolute Gasteiger partial charge is 0.280 e. The second-order valence-electron chi connectivity index (χ2n) is 16.6. The van der Waals surface area contributed by atoms with Crippen molar-refractivity contribution in [1.29, 1.82) is 0 Å². The zero-order valence-corrected chi connectivity index (χ0v) is 35.1. The van der Waals surface area contributed by atoms with Gasteiger partial charge in [0.25, 0.3) is 0 Å². The van der Waals surface area contributed by atoms with Gasteiger partial charge in [0, 0.05) is 33.5 Å². The smallest absolute Gasteiger partial charge is 0.220 e. The molecule has 1 aliphatic carbocycles. The summed E-state index contributed by atoms with van der Waals surface area (Å²) in [5.41, 5.74) is 16.9. The van der Waals surface area contributed by atoms with Crippen LogP contribution in [0.1, 0.15) is 22.3 Å². The van der Waals surface area contributed by atoms with E-state index in [9.17, 15) is 0 Å². The van der Waals surface area contributed by atoms with E-state index in [4.69, 9.17) is 19.9 Å². The van der Waals surface area contributed by atoms with Crippen LogP contribution in [0.15, 0.2) is 231 Å². The highest BCUT2D eigenvalue weighted by molar-refractivity contribution is 5.96. The second kappa shape index (κ2) is 14.7. The van der Waals surface area contributed by atoms with Crippen molar-refractivity contribution in [3.05, 3.63) is 253 Å². The van der Waals surface area contributed by atoms with Crippen molar-refractivity contribution >= 4 is 28.4 Å². The van der Waals surface area contributed by atoms with Crippen molar-refractivity contribution in [3.63, 3.8) is 0 Å². The summed E-state index contributed by atoms with van der Waals surface area (Å²) in [6.45, 7) is 0. The Labute approximate surface area is 376 Å². The molecule has 0 radical (unpaired) electrons. The van der Waals surface area contributed by atoms with Gasteiger partial charge in [-0.1, -0.05) is 176 Å². The zero-order valence-electron chi connectivity index (χ0n) is 35.1. The maximum absolute atomic E-state index is 5.30. The minimum atomic E-state index is -0.549. The SMILES string of the molecule is c1ccc(-c2nc(-c3ccc(N4c5ccccc5-c5ccccc5-n5c4nc4ccccc45)cc3)nc(-c3ccc4c(c3)C(c3ccccc3)(c3ccccc3)c3ccccc3-4)n2)cc1. The van der Waals surface area contributed by atoms with E-state index < -0.39 is 5.41 Å². The second-order valence-corrected chi connectivity index (χ2v) is 16.6. The first-order valence-electron chi connectivity index (χ1n) is 22.0. The first-order chi connectivity index (χ1) is 32.2. The first-order valence-corrected chi connectivity index (χ1v) is 22.0. The van der Waals surface area contributed by atoms with Crippen LogP contribution in [0.4, 0.5) is 17.3 Å². The number of fused-ring (bicyclic) bond motifs is 10. The molecule has 1 aliphatic heterocycles. The van der Waals surface area contributed by atoms with E-state index >= 15 is 0 Å². The molecule has 11 aromatic rings. The molecule has 6 nitrogen and oxygen atoms in total. The summed E-state index contributed by atoms with van der Waals surface area (Å²) in [6.07, 6.45) is 0. The number of hydrogen-bond donors (Lipinski definition) is 0. The van der Waals surface area contributed by atoms with Gasteiger partial charge in [-0.3, -0.25) is 9.47 Å². The summed E-state index contributed by atoms with van der Waals surface area (Å²) in [7, 11) is 0. The molecule has 304 valence electrons. The predicted octanol–water partition coefficient (Wildman–Crippen LogP) is 14.0. The van der Waals surface area contributed by atoms with Crippen molar-refractivity contribution in [1.82, 2.24) is 24.5 Å². The number of imidazole rings is 1. The number of aromatic nitrogens is 5. The highest BCUT2D eigenvalue weighted by Crippen LogP contribution is 2.57. The highest BCUT2D eigenvalue weighted by Gasteiger charge is 2.46. The number of benzene rings is 9. The third-order valence-corrected chi connectivity index (χ3v) is 13.1. The zero-order chi connectivity index (χ0) is 42.9. The van der Waals surface area contributed by atoms with Gasteiger partial charge < -0.3 is 0 Å². The standard InChI is InChI=1S/C59H38N6/c1-4-18-39(19-5-1)55-61-56(40-32-35-44(36-33-40)64-52-29-15-11-25-47(52)48-26-12-16-30-53(48)65-54-31-17-14-28-51(54)60-58(64)65)63-57(62-55)41-34-37-46-45-24-10-13-27-49(45)59(50(46)38-41,42-20-6-2-7-21-42)43-22-8-3-9-23-43/h1-38H. The van der Waals surface area contributed by atoms with Gasteiger partial charge in [0.15, 0.2) is 17.5 Å². The molecule has 9 aromatic carbocycles. The fraction of sp³-hybridized carbons (Fsp3) is 0.0169. The molecule has 0 saturated heterocycles. The summed E-state index contributed by atoms with van der Waals surface area (Å²) < 4.78 is 2.28. The quantitative estimate of drug-likeness (QED) is 0.167. The molecule has 2 aliphatic rings. The minimum Gasteiger partial charge on any atom is -0.280 e. The molecule has 0 unspecified atom stereocenters. The average molecular weight is 831 g/mol. The van der Waals surface area contributed by atoms with Crippen molar-refractivity contribution < 1.29 is 0 Å². The lowest BCUT2D eigenvalue weighted by Gasteiger charge is -2.34. The van der Waals surface area contributed by atoms with Gasteiger partial charge in [0.2, 0.25) is 5.95 Å². The predicted molar refractivity (Wildman–Crippen MR) is 262 cm³/mol. The number of nitrogens with zero attached hydrogens (tertiary/aromatic N) is 6. The van der Waals surface area contributed by atoms with Gasteiger partial charge >= 0.3 is 0 Å². The van der Waals surface area contributed by atoms with E-state index in [-0.39, 0.29) is 0 Å². The van der Waals surface area contributed by atoms with Crippen LogP contribution in [0, 0.1) is 0 Å². The minimum absolute atomic E-state index is 0.549. The lowest BCUT2D eigenvalue weighted by molar-refractivity contribution is 0.768. The van der Waals surface area contributed by atoms with E-state index in [1.807, 2.05) is 24.3 Å². The third-order valence-electron chi connectivity index (χ3n) is 13.1. The van der Waals surface area contributed by atoms with E-state index in [1.54, 1.807) is 0 Å². The maximum Gasteiger partial charge on any atom is 0.220 e. The Morgan fingerprint density at radius 1 is 0.338 bits per heavy atom. The molecule has 6 heteroatoms. The summed E-state index contributed by atoms with van der Waals surface area (Å²) >= 11 is 0. The topological polar surface area (TPSA) is 59.7 Å². The molecule has 13 rings (SSSR count). The van der Waals surface area contributed by atoms with E-state index in [2.05, 4.69) is 216 Å². The van der Waals surface area contributed by atoms with E-state index in [1.165, 1.54) is 33.4 Å². The molecule has 0 atom stereocenters. The van der Waals surface area contributed by atoms with Gasteiger partial charge in [-0.2, -0.15) is 0 Å². The Morgan fingerprint density at radius 2 is 0.831 bits per heavy atom. The first kappa shape index (κ1) is 36.9. The molecular formula is C59H38N6. The number of para-hydroxylation sites is 4. The lowest BCUT2D eigenvalue weighted by atomic mass is 9.67. The Balaban J connectivity index is 0.976. The van der Waals surface area contributed by atoms with Crippen LogP contribution in [0.3, 0.4) is 0 Å². The monoisotopic (exact) mass is 830 g/mol. The lowest BCUT2D eigenvalue weighted by Crippen LogP contribution is -2.28. The summed E-state index contributed by atoms with van der Waals surface area (Å²) in [6, 6.07) is 81.5. The third kappa shape index (κ3) is 5.67. The van der Waals surface area contributed by atoms with Crippen molar-refractivity contribution in [3.8, 4) is 62.1 Å². The van der Waals surface area contributed by atoms with Crippen LogP contribution >= 0.6 is 0 Å². The van der Waals surface area contributed by atoms with E-state index in [0.717, 1.165) is 61.9 Å². The van der Waals surface area contributed by atoms with Crippen molar-refractivity contribution in [2.45, 2.75) is 5.41 Å². The Kier molecular flexibility index (Phi) is 8.33. The average Bonchev–Trinajstić information content (AvgIpc) is 3.87. The molecule has 2 aromatic heterocycles. The number of hydrogen-bond acceptors (Lipinski definition) is 5. The molecular weight excluding hydrogens is 793 g/mol. The van der Waals surface area contributed by atoms with Crippen molar-refractivity contribution in [2.75, 3.05) is 4.90 Å². The Hall–Kier alpha value is -8.74. The molecule has 3 heterocycles. The van der Waals surface area contributed by atoms with Crippen LogP contribution < -0.4 is 4.90 Å². The fourth-order valence-electron chi connectivity index (χ4n) is 10.2. The molecule has 0 bridgehead atoms. The molecule has 0 N–H and O–H groups in total. The Morgan fingerprint density at radius 3 is 1.52 bits per heavy atom. The molecule has 0 saturated carbocycles. The van der Waals surface area contributed by atoms with Gasteiger partial charge in [0.05, 0.1) is 27.8 Å².